The number of fused-ring (bicyclic) bond motifs is 1. The first-order valence-electron chi connectivity index (χ1n) is 3.42. The van der Waals surface area contributed by atoms with Crippen LogP contribution in [0.3, 0.4) is 0 Å². The van der Waals surface area contributed by atoms with Crippen LogP contribution in [0.4, 0.5) is 0 Å². The van der Waals surface area contributed by atoms with Gasteiger partial charge in [0.05, 0.1) is 6.20 Å². The molecule has 0 radical (unpaired) electrons. The molecular formula is C7H8N2O2. The Balaban J connectivity index is 2.23. The van der Waals surface area contributed by atoms with Crippen LogP contribution in [0.25, 0.3) is 0 Å². The Morgan fingerprint density at radius 1 is 1.64 bits per heavy atom. The molecule has 2 rings (SSSR count). The predicted molar refractivity (Wildman–Crippen MR) is 38.0 cm³/mol. The van der Waals surface area contributed by atoms with E-state index in [1.54, 1.807) is 11.1 Å². The number of amides is 1. The van der Waals surface area contributed by atoms with E-state index in [-0.39, 0.29) is 5.91 Å². The van der Waals surface area contributed by atoms with Crippen molar-refractivity contribution in [3.8, 4) is 0 Å². The molecule has 0 aromatic heterocycles. The second-order valence-electron chi connectivity index (χ2n) is 2.37. The van der Waals surface area contributed by atoms with Crippen molar-refractivity contribution >= 4 is 5.91 Å². The minimum atomic E-state index is -0.0103. The summed E-state index contributed by atoms with van der Waals surface area (Å²) < 4.78 is 5.22. The third-order valence-corrected chi connectivity index (χ3v) is 1.57. The maximum atomic E-state index is 10.8. The Morgan fingerprint density at radius 2 is 2.55 bits per heavy atom. The molecule has 2 aliphatic rings. The minimum absolute atomic E-state index is 0.0103. The number of hydrogen-bond acceptors (Lipinski definition) is 3. The van der Waals surface area contributed by atoms with E-state index in [1.165, 1.54) is 0 Å². The number of hydrogen-bond donors (Lipinski definition) is 1. The van der Waals surface area contributed by atoms with Crippen LogP contribution in [0, 0.1) is 0 Å². The van der Waals surface area contributed by atoms with Crippen molar-refractivity contribution in [3.05, 3.63) is 24.4 Å². The predicted octanol–water partition coefficient (Wildman–Crippen LogP) is -0.239. The molecule has 0 atom stereocenters. The Hall–Kier alpha value is -1.45. The second-order valence-corrected chi connectivity index (χ2v) is 2.37. The van der Waals surface area contributed by atoms with Gasteiger partial charge in [0.2, 0.25) is 11.8 Å². The van der Waals surface area contributed by atoms with Crippen molar-refractivity contribution in [1.82, 2.24) is 10.2 Å². The van der Waals surface area contributed by atoms with E-state index in [2.05, 4.69) is 5.32 Å². The highest BCUT2D eigenvalue weighted by molar-refractivity contribution is 5.80. The van der Waals surface area contributed by atoms with Gasteiger partial charge in [-0.25, -0.2) is 0 Å². The molecule has 11 heavy (non-hydrogen) atoms. The van der Waals surface area contributed by atoms with Crippen molar-refractivity contribution in [3.63, 3.8) is 0 Å². The fourth-order valence-corrected chi connectivity index (χ4v) is 1.06. The average molecular weight is 152 g/mol. The van der Waals surface area contributed by atoms with Crippen molar-refractivity contribution < 1.29 is 9.53 Å². The van der Waals surface area contributed by atoms with Crippen LogP contribution >= 0.6 is 0 Å². The first-order valence-corrected chi connectivity index (χ1v) is 3.42. The van der Waals surface area contributed by atoms with E-state index in [0.29, 0.717) is 19.0 Å². The lowest BCUT2D eigenvalue weighted by Crippen LogP contribution is -2.39. The molecule has 0 fully saturated rings. The normalized spacial score (nSPS) is 21.6. The van der Waals surface area contributed by atoms with Crippen molar-refractivity contribution in [1.29, 1.82) is 0 Å². The summed E-state index contributed by atoms with van der Waals surface area (Å²) in [5.41, 5.74) is 0. The molecule has 2 aliphatic heterocycles. The molecule has 58 valence electrons. The van der Waals surface area contributed by atoms with E-state index in [1.807, 2.05) is 12.3 Å². The third-order valence-electron chi connectivity index (χ3n) is 1.57. The number of rotatable bonds is 0. The summed E-state index contributed by atoms with van der Waals surface area (Å²) in [4.78, 5) is 12.6. The smallest absolute Gasteiger partial charge is 0.244 e. The first-order chi connectivity index (χ1) is 5.36. The van der Waals surface area contributed by atoms with Gasteiger partial charge in [-0.15, -0.1) is 0 Å². The molecule has 1 amide bonds. The summed E-state index contributed by atoms with van der Waals surface area (Å²) in [6, 6.07) is 0. The molecule has 0 saturated heterocycles. The quantitative estimate of drug-likeness (QED) is 0.521. The van der Waals surface area contributed by atoms with Crippen molar-refractivity contribution in [2.45, 2.75) is 0 Å². The van der Waals surface area contributed by atoms with Crippen LogP contribution in [0.1, 0.15) is 0 Å². The van der Waals surface area contributed by atoms with Gasteiger partial charge in [0.15, 0.2) is 0 Å². The maximum absolute atomic E-state index is 10.8. The topological polar surface area (TPSA) is 41.6 Å². The minimum Gasteiger partial charge on any atom is -0.473 e. The van der Waals surface area contributed by atoms with Crippen LogP contribution in [-0.2, 0) is 9.53 Å². The van der Waals surface area contributed by atoms with E-state index in [9.17, 15) is 4.79 Å². The number of ether oxygens (including phenoxy) is 1. The highest BCUT2D eigenvalue weighted by Crippen LogP contribution is 2.13. The average Bonchev–Trinajstić information content (AvgIpc) is 2.04. The summed E-state index contributed by atoms with van der Waals surface area (Å²) in [5.74, 6) is 0.705. The largest absolute Gasteiger partial charge is 0.473 e. The molecule has 2 heterocycles. The summed E-state index contributed by atoms with van der Waals surface area (Å²) in [7, 11) is 0. The van der Waals surface area contributed by atoms with Crippen LogP contribution < -0.4 is 5.32 Å². The standard InChI is InChI=1S/C7H8N2O2/c10-6-5-9-2-1-3-11-7(9)4-8-6/h1-2,4H,3,5H2,(H,8,10). The van der Waals surface area contributed by atoms with Crippen LogP contribution in [-0.4, -0.2) is 24.0 Å². The fourth-order valence-electron chi connectivity index (χ4n) is 1.06. The zero-order chi connectivity index (χ0) is 7.68. The number of nitrogens with one attached hydrogen (secondary N) is 1. The SMILES string of the molecule is O=C1CN2C=CCOC2=CN1. The molecular weight excluding hydrogens is 144 g/mol. The molecule has 1 N–H and O–H groups in total. The van der Waals surface area contributed by atoms with Crippen LogP contribution in [0.5, 0.6) is 0 Å². The van der Waals surface area contributed by atoms with Crippen LogP contribution in [0.2, 0.25) is 0 Å². The Labute approximate surface area is 64.1 Å². The third kappa shape index (κ3) is 1.07. The summed E-state index contributed by atoms with van der Waals surface area (Å²) >= 11 is 0. The van der Waals surface area contributed by atoms with Gasteiger partial charge in [0.25, 0.3) is 0 Å². The Morgan fingerprint density at radius 3 is 3.45 bits per heavy atom. The summed E-state index contributed by atoms with van der Waals surface area (Å²) in [6.07, 6.45) is 5.30. The van der Waals surface area contributed by atoms with Crippen molar-refractivity contribution in [2.75, 3.05) is 13.2 Å². The highest BCUT2D eigenvalue weighted by Gasteiger charge is 2.19. The van der Waals surface area contributed by atoms with Gasteiger partial charge in [0, 0.05) is 6.20 Å². The summed E-state index contributed by atoms with van der Waals surface area (Å²) in [6.45, 7) is 0.931. The van der Waals surface area contributed by atoms with Gasteiger partial charge in [-0.2, -0.15) is 0 Å². The molecule has 0 bridgehead atoms. The highest BCUT2D eigenvalue weighted by atomic mass is 16.5. The lowest BCUT2D eigenvalue weighted by molar-refractivity contribution is -0.122. The van der Waals surface area contributed by atoms with E-state index >= 15 is 0 Å². The lowest BCUT2D eigenvalue weighted by Gasteiger charge is -2.28. The molecule has 0 aliphatic carbocycles. The molecule has 0 unspecified atom stereocenters. The van der Waals surface area contributed by atoms with E-state index < -0.39 is 0 Å². The van der Waals surface area contributed by atoms with Gasteiger partial charge < -0.3 is 15.0 Å². The monoisotopic (exact) mass is 152 g/mol. The Bertz CT molecular complexity index is 245. The molecule has 0 spiro atoms. The molecule has 4 nitrogen and oxygen atoms in total. The zero-order valence-electron chi connectivity index (χ0n) is 5.91. The Kier molecular flexibility index (Phi) is 1.31. The maximum Gasteiger partial charge on any atom is 0.244 e. The van der Waals surface area contributed by atoms with Gasteiger partial charge in [-0.1, -0.05) is 0 Å². The number of carbonyl (C=O) groups is 1. The molecule has 0 saturated carbocycles. The van der Waals surface area contributed by atoms with Gasteiger partial charge in [-0.05, 0) is 6.08 Å². The van der Waals surface area contributed by atoms with E-state index in [4.69, 9.17) is 4.74 Å². The first kappa shape index (κ1) is 6.27. The fraction of sp³-hybridized carbons (Fsp3) is 0.286. The number of nitrogens with zero attached hydrogens (tertiary/aromatic N) is 1. The summed E-state index contributed by atoms with van der Waals surface area (Å²) in [5, 5.41) is 2.58. The second kappa shape index (κ2) is 2.30. The van der Waals surface area contributed by atoms with Crippen LogP contribution in [0.15, 0.2) is 24.4 Å². The lowest BCUT2D eigenvalue weighted by atomic mass is 10.4. The number of carbonyl (C=O) groups excluding carboxylic acids is 1. The van der Waals surface area contributed by atoms with Gasteiger partial charge in [-0.3, -0.25) is 4.79 Å². The van der Waals surface area contributed by atoms with E-state index in [0.717, 1.165) is 0 Å². The van der Waals surface area contributed by atoms with Gasteiger partial charge in [0.1, 0.15) is 13.2 Å². The molecule has 4 heteroatoms. The molecule has 0 aromatic rings. The zero-order valence-corrected chi connectivity index (χ0v) is 5.91. The molecule has 0 aromatic carbocycles. The van der Waals surface area contributed by atoms with Gasteiger partial charge >= 0.3 is 0 Å². The van der Waals surface area contributed by atoms with Crippen molar-refractivity contribution in [2.24, 2.45) is 0 Å².